The van der Waals surface area contributed by atoms with Crippen LogP contribution in [-0.4, -0.2) is 59.4 Å². The molecule has 8 nitrogen and oxygen atoms in total. The Balaban J connectivity index is 0.00000324. The van der Waals surface area contributed by atoms with E-state index in [0.717, 1.165) is 23.6 Å². The maximum atomic E-state index is 12.5. The summed E-state index contributed by atoms with van der Waals surface area (Å²) in [5.74, 6) is 1.72. The molecule has 1 N–H and O–H groups in total. The van der Waals surface area contributed by atoms with E-state index >= 15 is 0 Å². The van der Waals surface area contributed by atoms with E-state index in [4.69, 9.17) is 14.1 Å². The van der Waals surface area contributed by atoms with Crippen LogP contribution in [0, 0.1) is 0 Å². The maximum Gasteiger partial charge on any atom is 0.289 e. The predicted octanol–water partition coefficient (Wildman–Crippen LogP) is 3.80. The van der Waals surface area contributed by atoms with Crippen molar-refractivity contribution in [3.8, 4) is 5.88 Å². The predicted molar refractivity (Wildman–Crippen MR) is 141 cm³/mol. The minimum Gasteiger partial charge on any atom is -0.473 e. The van der Waals surface area contributed by atoms with Gasteiger partial charge in [0.2, 0.25) is 5.88 Å². The molecule has 2 aromatic heterocycles. The molecule has 9 heteroatoms. The number of pyridine rings is 1. The number of guanidine groups is 1. The molecule has 3 aromatic rings. The van der Waals surface area contributed by atoms with E-state index in [9.17, 15) is 4.79 Å². The molecule has 1 aliphatic heterocycles. The second kappa shape index (κ2) is 13.0. The van der Waals surface area contributed by atoms with Crippen molar-refractivity contribution in [2.75, 3.05) is 32.7 Å². The summed E-state index contributed by atoms with van der Waals surface area (Å²) in [6, 6.07) is 17.3. The van der Waals surface area contributed by atoms with Crippen LogP contribution < -0.4 is 10.1 Å². The smallest absolute Gasteiger partial charge is 0.289 e. The number of furan rings is 1. The summed E-state index contributed by atoms with van der Waals surface area (Å²) in [5, 5.41) is 3.36. The van der Waals surface area contributed by atoms with E-state index in [1.54, 1.807) is 18.3 Å². The molecule has 0 aliphatic carbocycles. The van der Waals surface area contributed by atoms with Crippen molar-refractivity contribution in [1.29, 1.82) is 0 Å². The van der Waals surface area contributed by atoms with Gasteiger partial charge in [0.1, 0.15) is 6.61 Å². The zero-order chi connectivity index (χ0) is 22.9. The third kappa shape index (κ3) is 6.72. The van der Waals surface area contributed by atoms with Crippen molar-refractivity contribution in [3.05, 3.63) is 83.9 Å². The number of hydrogen-bond acceptors (Lipinski definition) is 5. The first-order valence-corrected chi connectivity index (χ1v) is 11.2. The summed E-state index contributed by atoms with van der Waals surface area (Å²) >= 11 is 0. The SMILES string of the molecule is CCNC(=NCc1cccnc1OCc1ccccc1)N1CCN(C(=O)c2ccco2)CC1.I. The van der Waals surface area contributed by atoms with Crippen LogP contribution in [0.4, 0.5) is 0 Å². The minimum absolute atomic E-state index is 0. The second-order valence-corrected chi connectivity index (χ2v) is 7.67. The van der Waals surface area contributed by atoms with Gasteiger partial charge >= 0.3 is 0 Å². The van der Waals surface area contributed by atoms with Gasteiger partial charge in [-0.05, 0) is 30.7 Å². The van der Waals surface area contributed by atoms with Gasteiger partial charge in [-0.1, -0.05) is 36.4 Å². The van der Waals surface area contributed by atoms with Crippen molar-refractivity contribution < 1.29 is 13.9 Å². The van der Waals surface area contributed by atoms with E-state index in [1.807, 2.05) is 54.3 Å². The molecule has 0 bridgehead atoms. The van der Waals surface area contributed by atoms with Crippen LogP contribution in [0.15, 0.2) is 76.5 Å². The Morgan fingerprint density at radius 3 is 2.53 bits per heavy atom. The van der Waals surface area contributed by atoms with Gasteiger partial charge in [0.25, 0.3) is 5.91 Å². The largest absolute Gasteiger partial charge is 0.473 e. The van der Waals surface area contributed by atoms with E-state index < -0.39 is 0 Å². The Morgan fingerprint density at radius 1 is 1.06 bits per heavy atom. The molecule has 0 unspecified atom stereocenters. The van der Waals surface area contributed by atoms with E-state index in [-0.39, 0.29) is 29.9 Å². The topological polar surface area (TPSA) is 83.2 Å². The molecule has 180 valence electrons. The van der Waals surface area contributed by atoms with Gasteiger partial charge in [-0.3, -0.25) is 4.79 Å². The van der Waals surface area contributed by atoms with Gasteiger partial charge in [0.05, 0.1) is 12.8 Å². The number of aromatic nitrogens is 1. The molecule has 0 spiro atoms. The molecule has 0 saturated carbocycles. The van der Waals surface area contributed by atoms with Crippen molar-refractivity contribution in [2.24, 2.45) is 4.99 Å². The highest BCUT2D eigenvalue weighted by Gasteiger charge is 2.25. The Labute approximate surface area is 217 Å². The zero-order valence-corrected chi connectivity index (χ0v) is 21.6. The van der Waals surface area contributed by atoms with Crippen molar-refractivity contribution >= 4 is 35.8 Å². The Kier molecular flexibility index (Phi) is 9.75. The fourth-order valence-electron chi connectivity index (χ4n) is 3.66. The molecule has 1 amide bonds. The molecule has 0 radical (unpaired) electrons. The summed E-state index contributed by atoms with van der Waals surface area (Å²) in [5.41, 5.74) is 2.02. The minimum atomic E-state index is -0.0721. The highest BCUT2D eigenvalue weighted by molar-refractivity contribution is 14.0. The Morgan fingerprint density at radius 2 is 1.82 bits per heavy atom. The molecule has 1 fully saturated rings. The summed E-state index contributed by atoms with van der Waals surface area (Å²) in [6.07, 6.45) is 3.25. The van der Waals surface area contributed by atoms with Crippen molar-refractivity contribution in [3.63, 3.8) is 0 Å². The van der Waals surface area contributed by atoms with Crippen LogP contribution in [0.3, 0.4) is 0 Å². The summed E-state index contributed by atoms with van der Waals surface area (Å²) in [6.45, 7) is 6.33. The number of ether oxygens (including phenoxy) is 1. The van der Waals surface area contributed by atoms with E-state index in [1.165, 1.54) is 6.26 Å². The number of aliphatic imine (C=N–C) groups is 1. The average molecular weight is 575 g/mol. The van der Waals surface area contributed by atoms with Gasteiger partial charge < -0.3 is 24.3 Å². The first-order valence-electron chi connectivity index (χ1n) is 11.2. The number of amides is 1. The van der Waals surface area contributed by atoms with E-state index in [2.05, 4.69) is 15.2 Å². The standard InChI is InChI=1S/C25H29N5O3.HI/c1-2-26-25(30-15-13-29(14-16-30)24(31)22-11-7-17-32-22)28-18-21-10-6-12-27-23(21)33-19-20-8-4-3-5-9-20;/h3-12,17H,2,13-16,18-19H2,1H3,(H,26,28);1H. The van der Waals surface area contributed by atoms with Gasteiger partial charge in [0, 0.05) is 44.5 Å². The van der Waals surface area contributed by atoms with E-state index in [0.29, 0.717) is 51.0 Å². The number of rotatable bonds is 7. The van der Waals surface area contributed by atoms with Crippen LogP contribution >= 0.6 is 24.0 Å². The third-order valence-corrected chi connectivity index (χ3v) is 5.40. The first-order chi connectivity index (χ1) is 16.2. The quantitative estimate of drug-likeness (QED) is 0.262. The number of nitrogens with one attached hydrogen (secondary N) is 1. The fourth-order valence-corrected chi connectivity index (χ4v) is 3.66. The molecule has 1 aromatic carbocycles. The van der Waals surface area contributed by atoms with Crippen LogP contribution in [0.25, 0.3) is 0 Å². The maximum absolute atomic E-state index is 12.5. The lowest BCUT2D eigenvalue weighted by atomic mass is 10.2. The zero-order valence-electron chi connectivity index (χ0n) is 19.2. The summed E-state index contributed by atoms with van der Waals surface area (Å²) < 4.78 is 11.2. The number of benzene rings is 1. The highest BCUT2D eigenvalue weighted by Crippen LogP contribution is 2.18. The lowest BCUT2D eigenvalue weighted by Gasteiger charge is -2.36. The van der Waals surface area contributed by atoms with Gasteiger partial charge in [0.15, 0.2) is 11.7 Å². The molecule has 4 rings (SSSR count). The number of halogens is 1. The lowest BCUT2D eigenvalue weighted by Crippen LogP contribution is -2.53. The van der Waals surface area contributed by atoms with Gasteiger partial charge in [-0.15, -0.1) is 24.0 Å². The van der Waals surface area contributed by atoms with Crippen LogP contribution in [0.2, 0.25) is 0 Å². The molecule has 1 saturated heterocycles. The monoisotopic (exact) mass is 575 g/mol. The molecule has 1 aliphatic rings. The number of nitrogens with zero attached hydrogens (tertiary/aromatic N) is 4. The van der Waals surface area contributed by atoms with Crippen LogP contribution in [0.1, 0.15) is 28.6 Å². The first kappa shape index (κ1) is 25.5. The molecular formula is C25H30IN5O3. The average Bonchev–Trinajstić information content (AvgIpc) is 3.41. The molecule has 0 atom stereocenters. The van der Waals surface area contributed by atoms with Gasteiger partial charge in [-0.25, -0.2) is 9.98 Å². The van der Waals surface area contributed by atoms with Crippen LogP contribution in [0.5, 0.6) is 5.88 Å². The highest BCUT2D eigenvalue weighted by atomic mass is 127. The van der Waals surface area contributed by atoms with Crippen molar-refractivity contribution in [1.82, 2.24) is 20.1 Å². The summed E-state index contributed by atoms with van der Waals surface area (Å²) in [4.78, 5) is 25.8. The summed E-state index contributed by atoms with van der Waals surface area (Å²) in [7, 11) is 0. The second-order valence-electron chi connectivity index (χ2n) is 7.67. The molecule has 3 heterocycles. The van der Waals surface area contributed by atoms with Crippen LogP contribution in [-0.2, 0) is 13.2 Å². The number of hydrogen-bond donors (Lipinski definition) is 1. The van der Waals surface area contributed by atoms with Gasteiger partial charge in [-0.2, -0.15) is 0 Å². The third-order valence-electron chi connectivity index (χ3n) is 5.40. The Hall–Kier alpha value is -3.08. The Bertz CT molecular complexity index is 1050. The fraction of sp³-hybridized carbons (Fsp3) is 0.320. The number of carbonyl (C=O) groups is 1. The number of carbonyl (C=O) groups excluding carboxylic acids is 1. The number of piperazine rings is 1. The normalized spacial score (nSPS) is 13.9. The lowest BCUT2D eigenvalue weighted by molar-refractivity contribution is 0.0657. The van der Waals surface area contributed by atoms with Crippen molar-refractivity contribution in [2.45, 2.75) is 20.1 Å². The molecular weight excluding hydrogens is 545 g/mol. The molecule has 34 heavy (non-hydrogen) atoms.